The number of amides is 1. The number of aromatic carboxylic acids is 1. The summed E-state index contributed by atoms with van der Waals surface area (Å²) in [6, 6.07) is 19.9. The third-order valence-electron chi connectivity index (χ3n) is 7.65. The van der Waals surface area contributed by atoms with Crippen LogP contribution >= 0.6 is 12.2 Å². The maximum absolute atomic E-state index is 12.7. The predicted octanol–water partition coefficient (Wildman–Crippen LogP) is 6.36. The smallest absolute Gasteiger partial charge is 0.335 e. The number of hydrogen-bond acceptors (Lipinski definition) is 5. The largest absolute Gasteiger partial charge is 0.494 e. The molecular formula is C33H35N5O4S. The molecule has 1 saturated heterocycles. The number of methoxy groups -OCH3 is 1. The maximum Gasteiger partial charge on any atom is 0.335 e. The van der Waals surface area contributed by atoms with Crippen molar-refractivity contribution >= 4 is 40.6 Å². The third-order valence-corrected chi connectivity index (χ3v) is 7.97. The lowest BCUT2D eigenvalue weighted by atomic mass is 9.95. The van der Waals surface area contributed by atoms with Crippen LogP contribution in [0.5, 0.6) is 5.75 Å². The first kappa shape index (κ1) is 29.8. The number of nitrogens with zero attached hydrogens (tertiary/aromatic N) is 3. The number of rotatable bonds is 7. The molecule has 3 N–H and O–H groups in total. The topological polar surface area (TPSA) is 109 Å². The fourth-order valence-electron chi connectivity index (χ4n) is 5.43. The highest BCUT2D eigenvalue weighted by atomic mass is 32.1. The number of thiocarbonyl (C=S) groups is 1. The second-order valence-electron chi connectivity index (χ2n) is 11.6. The molecule has 4 aromatic rings. The normalized spacial score (nSPS) is 16.6. The average molecular weight is 598 g/mol. The Kier molecular flexibility index (Phi) is 7.98. The Morgan fingerprint density at radius 1 is 1.02 bits per heavy atom. The van der Waals surface area contributed by atoms with E-state index in [4.69, 9.17) is 17.0 Å². The molecule has 10 heteroatoms. The molecule has 222 valence electrons. The van der Waals surface area contributed by atoms with Gasteiger partial charge in [0.1, 0.15) is 5.75 Å². The summed E-state index contributed by atoms with van der Waals surface area (Å²) in [6.45, 7) is 9.65. The summed E-state index contributed by atoms with van der Waals surface area (Å²) in [7, 11) is 1.57. The third kappa shape index (κ3) is 5.70. The fraction of sp³-hybridized carbons (Fsp3) is 0.273. The van der Waals surface area contributed by atoms with Crippen LogP contribution in [0.2, 0.25) is 0 Å². The number of carbonyl (C=O) groups is 2. The first-order valence-corrected chi connectivity index (χ1v) is 14.3. The van der Waals surface area contributed by atoms with Crippen molar-refractivity contribution in [3.8, 4) is 11.4 Å². The molecule has 43 heavy (non-hydrogen) atoms. The zero-order valence-corrected chi connectivity index (χ0v) is 25.8. The number of carboxylic acid groups (broad SMARTS) is 1. The van der Waals surface area contributed by atoms with Crippen molar-refractivity contribution in [3.05, 3.63) is 101 Å². The Hall–Kier alpha value is -4.70. The number of carboxylic acids is 1. The van der Waals surface area contributed by atoms with E-state index in [9.17, 15) is 14.7 Å². The second kappa shape index (κ2) is 11.5. The number of benzene rings is 2. The van der Waals surface area contributed by atoms with Crippen molar-refractivity contribution in [1.82, 2.24) is 14.9 Å². The van der Waals surface area contributed by atoms with E-state index in [-0.39, 0.29) is 23.6 Å². The first-order chi connectivity index (χ1) is 20.4. The minimum Gasteiger partial charge on any atom is -0.494 e. The van der Waals surface area contributed by atoms with Crippen LogP contribution in [0.15, 0.2) is 72.9 Å². The van der Waals surface area contributed by atoms with Gasteiger partial charge in [0.2, 0.25) is 5.91 Å². The minimum absolute atomic E-state index is 0.117. The number of pyridine rings is 1. The van der Waals surface area contributed by atoms with Gasteiger partial charge in [0, 0.05) is 40.4 Å². The van der Waals surface area contributed by atoms with Crippen molar-refractivity contribution in [2.24, 2.45) is 5.41 Å². The van der Waals surface area contributed by atoms with Gasteiger partial charge in [-0.15, -0.1) is 0 Å². The van der Waals surface area contributed by atoms with E-state index in [1.54, 1.807) is 25.4 Å². The lowest BCUT2D eigenvalue weighted by Crippen LogP contribution is -2.30. The van der Waals surface area contributed by atoms with E-state index in [0.717, 1.165) is 34.0 Å². The van der Waals surface area contributed by atoms with Crippen LogP contribution in [-0.2, 0) is 4.79 Å². The summed E-state index contributed by atoms with van der Waals surface area (Å²) < 4.78 is 7.83. The van der Waals surface area contributed by atoms with Gasteiger partial charge in [-0.05, 0) is 86.2 Å². The van der Waals surface area contributed by atoms with Crippen LogP contribution in [0.4, 0.5) is 11.4 Å². The van der Waals surface area contributed by atoms with E-state index < -0.39 is 11.4 Å². The van der Waals surface area contributed by atoms with Gasteiger partial charge in [0.05, 0.1) is 36.1 Å². The first-order valence-electron chi connectivity index (χ1n) is 13.9. The molecule has 2 aromatic heterocycles. The van der Waals surface area contributed by atoms with Crippen molar-refractivity contribution < 1.29 is 19.4 Å². The fourth-order valence-corrected chi connectivity index (χ4v) is 5.78. The highest BCUT2D eigenvalue weighted by molar-refractivity contribution is 7.80. The highest BCUT2D eigenvalue weighted by Crippen LogP contribution is 2.45. The van der Waals surface area contributed by atoms with Gasteiger partial charge < -0.3 is 29.9 Å². The minimum atomic E-state index is -0.966. The zero-order chi connectivity index (χ0) is 31.1. The molecule has 0 radical (unpaired) electrons. The highest BCUT2D eigenvalue weighted by Gasteiger charge is 2.42. The van der Waals surface area contributed by atoms with Gasteiger partial charge in [-0.2, -0.15) is 0 Å². The number of nitrogens with one attached hydrogen (secondary N) is 2. The maximum atomic E-state index is 12.7. The Morgan fingerprint density at radius 3 is 2.33 bits per heavy atom. The Labute approximate surface area is 256 Å². The molecule has 0 unspecified atom stereocenters. The molecule has 0 bridgehead atoms. The van der Waals surface area contributed by atoms with Crippen LogP contribution < -0.4 is 20.3 Å². The number of aromatic nitrogens is 2. The van der Waals surface area contributed by atoms with Crippen LogP contribution in [0.25, 0.3) is 5.69 Å². The van der Waals surface area contributed by atoms with Gasteiger partial charge in [-0.3, -0.25) is 9.78 Å². The standard InChI is InChI=1S/C33H35N5O4S/c1-19-17-24(20(2)37(19)22-12-10-21(11-13-22)30(39)40)29-28(26-9-7-8-16-34-26)36-32(43)38(29)23-14-15-25(27(18-23)42-6)35-31(41)33(3,4)5/h7-18,28-29H,1-6H3,(H,35,41)(H,36,43)(H,39,40)/t28-,29+/m0/s1. The molecule has 1 amide bonds. The van der Waals surface area contributed by atoms with Gasteiger partial charge in [-0.1, -0.05) is 26.8 Å². The molecule has 0 saturated carbocycles. The van der Waals surface area contributed by atoms with Crippen molar-refractivity contribution in [2.45, 2.75) is 46.7 Å². The van der Waals surface area contributed by atoms with E-state index in [1.807, 2.05) is 83.1 Å². The van der Waals surface area contributed by atoms with Crippen LogP contribution in [0.3, 0.4) is 0 Å². The molecule has 2 aromatic carbocycles. The summed E-state index contributed by atoms with van der Waals surface area (Å²) >= 11 is 5.94. The summed E-state index contributed by atoms with van der Waals surface area (Å²) in [5.41, 5.74) is 5.75. The van der Waals surface area contributed by atoms with Crippen molar-refractivity contribution in [3.63, 3.8) is 0 Å². The second-order valence-corrected chi connectivity index (χ2v) is 12.0. The molecule has 3 heterocycles. The van der Waals surface area contributed by atoms with Gasteiger partial charge in [0.15, 0.2) is 5.11 Å². The predicted molar refractivity (Wildman–Crippen MR) is 171 cm³/mol. The van der Waals surface area contributed by atoms with E-state index in [2.05, 4.69) is 31.2 Å². The number of carbonyl (C=O) groups excluding carboxylic acids is 1. The lowest BCUT2D eigenvalue weighted by Gasteiger charge is -2.29. The average Bonchev–Trinajstić information content (AvgIpc) is 3.47. The number of aryl methyl sites for hydroxylation is 1. The monoisotopic (exact) mass is 597 g/mol. The zero-order valence-electron chi connectivity index (χ0n) is 25.0. The molecule has 5 rings (SSSR count). The van der Waals surface area contributed by atoms with Crippen LogP contribution in [-0.4, -0.2) is 38.8 Å². The molecule has 0 spiro atoms. The summed E-state index contributed by atoms with van der Waals surface area (Å²) in [5.74, 6) is -0.567. The molecule has 1 aliphatic heterocycles. The number of hydrogen-bond donors (Lipinski definition) is 3. The number of anilines is 2. The lowest BCUT2D eigenvalue weighted by molar-refractivity contribution is -0.123. The molecule has 9 nitrogen and oxygen atoms in total. The quantitative estimate of drug-likeness (QED) is 0.211. The van der Waals surface area contributed by atoms with Crippen LogP contribution in [0, 0.1) is 19.3 Å². The number of ether oxygens (including phenoxy) is 1. The molecule has 1 fully saturated rings. The van der Waals surface area contributed by atoms with Gasteiger partial charge in [-0.25, -0.2) is 4.79 Å². The molecule has 0 aliphatic carbocycles. The van der Waals surface area contributed by atoms with E-state index >= 15 is 0 Å². The SMILES string of the molecule is COc1cc(N2C(=S)N[C@@H](c3ccccn3)[C@H]2c2cc(C)n(-c3ccc(C(=O)O)cc3)c2C)ccc1NC(=O)C(C)(C)C. The van der Waals surface area contributed by atoms with E-state index in [0.29, 0.717) is 16.5 Å². The Balaban J connectivity index is 1.61. The van der Waals surface area contributed by atoms with Crippen molar-refractivity contribution in [2.75, 3.05) is 17.3 Å². The van der Waals surface area contributed by atoms with Crippen molar-refractivity contribution in [1.29, 1.82) is 0 Å². The molecular weight excluding hydrogens is 562 g/mol. The Morgan fingerprint density at radius 2 is 1.72 bits per heavy atom. The van der Waals surface area contributed by atoms with Crippen LogP contribution in [0.1, 0.15) is 65.9 Å². The van der Waals surface area contributed by atoms with E-state index in [1.165, 1.54) is 0 Å². The molecule has 2 atom stereocenters. The summed E-state index contributed by atoms with van der Waals surface area (Å²) in [5, 5.41) is 16.4. The van der Waals surface area contributed by atoms with Gasteiger partial charge >= 0.3 is 5.97 Å². The summed E-state index contributed by atoms with van der Waals surface area (Å²) in [6.07, 6.45) is 1.77. The molecule has 1 aliphatic rings. The summed E-state index contributed by atoms with van der Waals surface area (Å²) in [4.78, 5) is 30.9. The Bertz CT molecular complexity index is 1690. The van der Waals surface area contributed by atoms with Gasteiger partial charge in [0.25, 0.3) is 0 Å².